The molecule has 1 fully saturated rings. The fraction of sp³-hybridized carbons (Fsp3) is 0.667. The maximum Gasteiger partial charge on any atom is 0.233 e. The number of aryl methyl sites for hydroxylation is 1. The highest BCUT2D eigenvalue weighted by atomic mass is 32.2. The number of rotatable bonds is 5. The number of nitrogens with one attached hydrogen (secondary N) is 1. The van der Waals surface area contributed by atoms with E-state index >= 15 is 0 Å². The first-order valence-corrected chi connectivity index (χ1v) is 10.4. The Hall–Kier alpha value is -1.15. The summed E-state index contributed by atoms with van der Waals surface area (Å²) in [6.45, 7) is 7.77. The van der Waals surface area contributed by atoms with E-state index in [0.29, 0.717) is 6.42 Å². The first kappa shape index (κ1) is 18.2. The maximum absolute atomic E-state index is 12.2. The molecule has 23 heavy (non-hydrogen) atoms. The molecule has 0 aromatic carbocycles. The molecule has 0 radical (unpaired) electrons. The van der Waals surface area contributed by atoms with Gasteiger partial charge in [0, 0.05) is 17.7 Å². The van der Waals surface area contributed by atoms with Crippen LogP contribution in [0.4, 0.5) is 0 Å². The first-order valence-electron chi connectivity index (χ1n) is 7.69. The number of aromatic nitrogens is 2. The molecule has 2 heterocycles. The van der Waals surface area contributed by atoms with Crippen molar-refractivity contribution >= 4 is 27.5 Å². The van der Waals surface area contributed by atoms with E-state index in [1.807, 2.05) is 26.8 Å². The maximum atomic E-state index is 12.2. The number of sulfone groups is 1. The summed E-state index contributed by atoms with van der Waals surface area (Å²) in [6, 6.07) is 1.59. The van der Waals surface area contributed by atoms with Crippen LogP contribution in [0.5, 0.6) is 0 Å². The van der Waals surface area contributed by atoms with Gasteiger partial charge in [0.25, 0.3) is 0 Å². The number of amides is 1. The minimum atomic E-state index is -2.99. The van der Waals surface area contributed by atoms with Gasteiger partial charge in [0.15, 0.2) is 9.84 Å². The smallest absolute Gasteiger partial charge is 0.233 e. The highest BCUT2D eigenvalue weighted by molar-refractivity contribution is 8.00. The molecule has 1 amide bonds. The highest BCUT2D eigenvalue weighted by Crippen LogP contribution is 2.24. The molecule has 2 rings (SSSR count). The lowest BCUT2D eigenvalue weighted by molar-refractivity contribution is -0.120. The predicted molar refractivity (Wildman–Crippen MR) is 91.4 cm³/mol. The van der Waals surface area contributed by atoms with Gasteiger partial charge in [-0.15, -0.1) is 0 Å². The van der Waals surface area contributed by atoms with Crippen LogP contribution in [0.3, 0.4) is 0 Å². The second-order valence-electron chi connectivity index (χ2n) is 6.23. The fourth-order valence-corrected chi connectivity index (χ4v) is 4.94. The summed E-state index contributed by atoms with van der Waals surface area (Å²) in [5.41, 5.74) is 0.876. The summed E-state index contributed by atoms with van der Waals surface area (Å²) in [4.78, 5) is 21.1. The Morgan fingerprint density at radius 1 is 1.35 bits per heavy atom. The third-order valence-corrected chi connectivity index (χ3v) is 6.40. The highest BCUT2D eigenvalue weighted by Gasteiger charge is 2.30. The molecule has 0 unspecified atom stereocenters. The summed E-state index contributed by atoms with van der Waals surface area (Å²) in [5, 5.41) is 3.25. The van der Waals surface area contributed by atoms with Crippen LogP contribution in [-0.4, -0.2) is 47.1 Å². The van der Waals surface area contributed by atoms with E-state index in [1.165, 1.54) is 11.8 Å². The van der Waals surface area contributed by atoms with Crippen molar-refractivity contribution in [3.8, 4) is 0 Å². The quantitative estimate of drug-likeness (QED) is 0.637. The molecule has 0 aliphatic carbocycles. The van der Waals surface area contributed by atoms with Crippen LogP contribution in [0.15, 0.2) is 11.1 Å². The average molecular weight is 358 g/mol. The monoisotopic (exact) mass is 357 g/mol. The van der Waals surface area contributed by atoms with Crippen LogP contribution in [0.2, 0.25) is 0 Å². The summed E-state index contributed by atoms with van der Waals surface area (Å²) >= 11 is 1.37. The van der Waals surface area contributed by atoms with Gasteiger partial charge < -0.3 is 5.32 Å². The lowest BCUT2D eigenvalue weighted by Gasteiger charge is -2.16. The number of hydrogen-bond acceptors (Lipinski definition) is 6. The molecular formula is C15H23N3O3S2. The van der Waals surface area contributed by atoms with Crippen molar-refractivity contribution in [1.82, 2.24) is 15.3 Å². The molecule has 1 aromatic rings. The molecule has 1 aliphatic rings. The van der Waals surface area contributed by atoms with E-state index in [-0.39, 0.29) is 34.6 Å². The van der Waals surface area contributed by atoms with Gasteiger partial charge in [0.2, 0.25) is 5.91 Å². The number of hydrogen-bond donors (Lipinski definition) is 1. The van der Waals surface area contributed by atoms with Gasteiger partial charge in [0.1, 0.15) is 10.9 Å². The Morgan fingerprint density at radius 2 is 2.04 bits per heavy atom. The van der Waals surface area contributed by atoms with Crippen molar-refractivity contribution in [1.29, 1.82) is 0 Å². The van der Waals surface area contributed by atoms with E-state index < -0.39 is 9.84 Å². The Labute approximate surface area is 141 Å². The van der Waals surface area contributed by atoms with Crippen LogP contribution in [0.1, 0.15) is 44.6 Å². The van der Waals surface area contributed by atoms with Gasteiger partial charge in [-0.25, -0.2) is 18.4 Å². The molecule has 1 saturated heterocycles. The Bertz CT molecular complexity index is 689. The predicted octanol–water partition coefficient (Wildman–Crippen LogP) is 1.69. The van der Waals surface area contributed by atoms with Gasteiger partial charge in [-0.1, -0.05) is 25.6 Å². The van der Waals surface area contributed by atoms with Crippen molar-refractivity contribution in [3.05, 3.63) is 17.6 Å². The van der Waals surface area contributed by atoms with Crippen LogP contribution in [0, 0.1) is 6.92 Å². The summed E-state index contributed by atoms with van der Waals surface area (Å²) in [5.74, 6) is 1.03. The normalized spacial score (nSPS) is 21.3. The summed E-state index contributed by atoms with van der Waals surface area (Å²) in [7, 11) is -2.99. The van der Waals surface area contributed by atoms with Crippen LogP contribution in [0.25, 0.3) is 0 Å². The zero-order chi connectivity index (χ0) is 17.2. The molecular weight excluding hydrogens is 334 g/mol. The van der Waals surface area contributed by atoms with Crippen molar-refractivity contribution in [2.24, 2.45) is 0 Å². The molecule has 0 bridgehead atoms. The number of nitrogens with zero attached hydrogens (tertiary/aromatic N) is 2. The van der Waals surface area contributed by atoms with Crippen molar-refractivity contribution in [3.63, 3.8) is 0 Å². The van der Waals surface area contributed by atoms with E-state index in [2.05, 4.69) is 15.3 Å². The SMILES string of the molecule is Cc1cc(S[C@@H](C)C(=O)N[C@H]2CCS(=O)(=O)C2)nc(C(C)C)n1. The molecule has 8 heteroatoms. The number of carbonyl (C=O) groups excluding carboxylic acids is 1. The van der Waals surface area contributed by atoms with E-state index in [4.69, 9.17) is 0 Å². The molecule has 0 saturated carbocycles. The average Bonchev–Trinajstić information content (AvgIpc) is 2.77. The van der Waals surface area contributed by atoms with Crippen LogP contribution < -0.4 is 5.32 Å². The van der Waals surface area contributed by atoms with Gasteiger partial charge in [-0.2, -0.15) is 0 Å². The lowest BCUT2D eigenvalue weighted by Crippen LogP contribution is -2.39. The molecule has 1 aliphatic heterocycles. The van der Waals surface area contributed by atoms with Crippen molar-refractivity contribution in [2.45, 2.75) is 56.4 Å². The zero-order valence-electron chi connectivity index (χ0n) is 13.9. The molecule has 1 N–H and O–H groups in total. The number of thioether (sulfide) groups is 1. The van der Waals surface area contributed by atoms with E-state index in [0.717, 1.165) is 16.5 Å². The second kappa shape index (κ2) is 7.17. The van der Waals surface area contributed by atoms with Crippen molar-refractivity contribution in [2.75, 3.05) is 11.5 Å². The van der Waals surface area contributed by atoms with Gasteiger partial charge in [-0.05, 0) is 26.3 Å². The molecule has 1 aromatic heterocycles. The largest absolute Gasteiger partial charge is 0.351 e. The third-order valence-electron chi connectivity index (χ3n) is 3.61. The minimum absolute atomic E-state index is 0.0419. The molecule has 2 atom stereocenters. The lowest BCUT2D eigenvalue weighted by atomic mass is 10.2. The topological polar surface area (TPSA) is 89.0 Å². The summed E-state index contributed by atoms with van der Waals surface area (Å²) < 4.78 is 22.9. The zero-order valence-corrected chi connectivity index (χ0v) is 15.5. The number of carbonyl (C=O) groups is 1. The van der Waals surface area contributed by atoms with Gasteiger partial charge in [0.05, 0.1) is 16.8 Å². The van der Waals surface area contributed by atoms with Crippen LogP contribution in [-0.2, 0) is 14.6 Å². The van der Waals surface area contributed by atoms with Crippen LogP contribution >= 0.6 is 11.8 Å². The fourth-order valence-electron chi connectivity index (χ4n) is 2.34. The molecule has 6 nitrogen and oxygen atoms in total. The van der Waals surface area contributed by atoms with E-state index in [9.17, 15) is 13.2 Å². The first-order chi connectivity index (χ1) is 10.7. The standard InChI is InChI=1S/C15H23N3O3S2/c1-9(2)14-16-10(3)7-13(18-14)22-11(4)15(19)17-12-5-6-23(20,21)8-12/h7,9,11-12H,5-6,8H2,1-4H3,(H,17,19)/t11-,12-/m0/s1. The molecule has 0 spiro atoms. The molecule has 128 valence electrons. The van der Waals surface area contributed by atoms with Crippen molar-refractivity contribution < 1.29 is 13.2 Å². The second-order valence-corrected chi connectivity index (χ2v) is 9.82. The Balaban J connectivity index is 1.98. The Morgan fingerprint density at radius 3 is 2.61 bits per heavy atom. The van der Waals surface area contributed by atoms with Gasteiger partial charge >= 0.3 is 0 Å². The van der Waals surface area contributed by atoms with E-state index in [1.54, 1.807) is 6.92 Å². The third kappa shape index (κ3) is 5.17. The Kier molecular flexibility index (Phi) is 5.67. The summed E-state index contributed by atoms with van der Waals surface area (Å²) in [6.07, 6.45) is 0.496. The minimum Gasteiger partial charge on any atom is -0.351 e. The van der Waals surface area contributed by atoms with Gasteiger partial charge in [-0.3, -0.25) is 4.79 Å².